The zero-order chi connectivity index (χ0) is 18.5. The molecular weight excluding hydrogens is 346 g/mol. The fourth-order valence-electron chi connectivity index (χ4n) is 2.80. The van der Waals surface area contributed by atoms with Gasteiger partial charge in [-0.25, -0.2) is 4.99 Å². The molecule has 0 bridgehead atoms. The van der Waals surface area contributed by atoms with Crippen LogP contribution in [0.4, 0.5) is 0 Å². The Morgan fingerprint density at radius 3 is 2.81 bits per heavy atom. The van der Waals surface area contributed by atoms with Crippen LogP contribution in [-0.4, -0.2) is 49.9 Å². The molecule has 1 aromatic carbocycles. The number of nitrogens with zero attached hydrogens (tertiary/aromatic N) is 1. The zero-order valence-corrected chi connectivity index (χ0v) is 16.9. The van der Waals surface area contributed by atoms with Crippen molar-refractivity contribution in [1.29, 1.82) is 0 Å². The minimum absolute atomic E-state index is 0.613. The van der Waals surface area contributed by atoms with E-state index in [4.69, 9.17) is 14.5 Å². The van der Waals surface area contributed by atoms with E-state index in [9.17, 15) is 0 Å². The smallest absolute Gasteiger partial charge is 0.191 e. The van der Waals surface area contributed by atoms with Crippen LogP contribution in [0.25, 0.3) is 0 Å². The number of rotatable bonds is 11. The summed E-state index contributed by atoms with van der Waals surface area (Å²) in [5.74, 6) is 2.19. The van der Waals surface area contributed by atoms with Gasteiger partial charge in [-0.15, -0.1) is 0 Å². The van der Waals surface area contributed by atoms with Crippen LogP contribution >= 0.6 is 11.8 Å². The standard InChI is InChI=1S/C20H33N3O2S/c1-3-21-20(23-15-19-9-6-12-26-19)22-14-17-7-5-8-18(13-17)16-25-11-10-24-4-2/h5,7-8,13,19H,3-4,6,9-12,14-16H2,1-2H3,(H2,21,22,23). The first-order chi connectivity index (χ1) is 12.8. The molecule has 0 saturated carbocycles. The first kappa shape index (κ1) is 21.1. The van der Waals surface area contributed by atoms with Crippen molar-refractivity contribution in [3.05, 3.63) is 35.4 Å². The Bertz CT molecular complexity index is 534. The van der Waals surface area contributed by atoms with Crippen molar-refractivity contribution in [2.24, 2.45) is 4.99 Å². The summed E-state index contributed by atoms with van der Waals surface area (Å²) in [6.45, 7) is 9.25. The van der Waals surface area contributed by atoms with Crippen molar-refractivity contribution in [3.63, 3.8) is 0 Å². The van der Waals surface area contributed by atoms with E-state index in [1.54, 1.807) is 0 Å². The Balaban J connectivity index is 1.80. The third-order valence-electron chi connectivity index (χ3n) is 4.12. The Labute approximate surface area is 162 Å². The van der Waals surface area contributed by atoms with E-state index >= 15 is 0 Å². The molecule has 0 aromatic heterocycles. The summed E-state index contributed by atoms with van der Waals surface area (Å²) in [6, 6.07) is 8.44. The van der Waals surface area contributed by atoms with Gasteiger partial charge in [-0.05, 0) is 43.6 Å². The molecule has 0 radical (unpaired) electrons. The van der Waals surface area contributed by atoms with Crippen LogP contribution < -0.4 is 10.6 Å². The van der Waals surface area contributed by atoms with Crippen molar-refractivity contribution in [2.45, 2.75) is 45.1 Å². The van der Waals surface area contributed by atoms with E-state index in [0.29, 0.717) is 26.4 Å². The molecule has 6 heteroatoms. The molecule has 1 fully saturated rings. The molecule has 1 aliphatic rings. The Morgan fingerprint density at radius 2 is 2.04 bits per heavy atom. The maximum Gasteiger partial charge on any atom is 0.191 e. The van der Waals surface area contributed by atoms with Gasteiger partial charge >= 0.3 is 0 Å². The lowest BCUT2D eigenvalue weighted by molar-refractivity contribution is 0.0453. The minimum Gasteiger partial charge on any atom is -0.379 e. The number of aliphatic imine (C=N–C) groups is 1. The normalized spacial score (nSPS) is 17.5. The van der Waals surface area contributed by atoms with Crippen molar-refractivity contribution < 1.29 is 9.47 Å². The van der Waals surface area contributed by atoms with Crippen molar-refractivity contribution in [3.8, 4) is 0 Å². The summed E-state index contributed by atoms with van der Waals surface area (Å²) in [7, 11) is 0. The average molecular weight is 380 g/mol. The highest BCUT2D eigenvalue weighted by Crippen LogP contribution is 2.25. The number of ether oxygens (including phenoxy) is 2. The quantitative estimate of drug-likeness (QED) is 0.351. The maximum atomic E-state index is 5.65. The van der Waals surface area contributed by atoms with E-state index < -0.39 is 0 Å². The molecule has 0 amide bonds. The predicted molar refractivity (Wildman–Crippen MR) is 111 cm³/mol. The van der Waals surface area contributed by atoms with E-state index in [-0.39, 0.29) is 0 Å². The predicted octanol–water partition coefficient (Wildman–Crippen LogP) is 3.19. The van der Waals surface area contributed by atoms with Gasteiger partial charge in [0.1, 0.15) is 0 Å². The third-order valence-corrected chi connectivity index (χ3v) is 5.52. The second kappa shape index (κ2) is 13.0. The lowest BCUT2D eigenvalue weighted by Crippen LogP contribution is -2.40. The highest BCUT2D eigenvalue weighted by Gasteiger charge is 2.15. The number of benzene rings is 1. The van der Waals surface area contributed by atoms with Crippen LogP contribution in [-0.2, 0) is 22.6 Å². The molecule has 1 atom stereocenters. The van der Waals surface area contributed by atoms with Gasteiger partial charge in [0, 0.05) is 24.9 Å². The van der Waals surface area contributed by atoms with Crippen LogP contribution in [0.3, 0.4) is 0 Å². The summed E-state index contributed by atoms with van der Waals surface area (Å²) >= 11 is 2.06. The van der Waals surface area contributed by atoms with Crippen molar-refractivity contribution in [2.75, 3.05) is 38.7 Å². The first-order valence-electron chi connectivity index (χ1n) is 9.69. The lowest BCUT2D eigenvalue weighted by atomic mass is 10.1. The van der Waals surface area contributed by atoms with Gasteiger partial charge in [-0.1, -0.05) is 24.3 Å². The van der Waals surface area contributed by atoms with Gasteiger partial charge in [0.05, 0.1) is 26.4 Å². The fraction of sp³-hybridized carbons (Fsp3) is 0.650. The topological polar surface area (TPSA) is 54.9 Å². The Morgan fingerprint density at radius 1 is 1.19 bits per heavy atom. The van der Waals surface area contributed by atoms with Gasteiger partial charge in [-0.3, -0.25) is 0 Å². The van der Waals surface area contributed by atoms with E-state index in [1.165, 1.54) is 29.7 Å². The van der Waals surface area contributed by atoms with Crippen molar-refractivity contribution >= 4 is 17.7 Å². The summed E-state index contributed by atoms with van der Waals surface area (Å²) in [5, 5.41) is 7.54. The first-order valence-corrected chi connectivity index (χ1v) is 10.7. The van der Waals surface area contributed by atoms with Gasteiger partial charge in [0.15, 0.2) is 5.96 Å². The maximum absolute atomic E-state index is 5.65. The molecule has 0 spiro atoms. The number of hydrogen-bond donors (Lipinski definition) is 2. The van der Waals surface area contributed by atoms with Crippen LogP contribution in [0, 0.1) is 0 Å². The highest BCUT2D eigenvalue weighted by molar-refractivity contribution is 8.00. The monoisotopic (exact) mass is 379 g/mol. The molecule has 0 aliphatic carbocycles. The van der Waals surface area contributed by atoms with Crippen LogP contribution in [0.1, 0.15) is 37.8 Å². The molecule has 1 aromatic rings. The van der Waals surface area contributed by atoms with E-state index in [0.717, 1.165) is 30.9 Å². The number of guanidine groups is 1. The highest BCUT2D eigenvalue weighted by atomic mass is 32.2. The van der Waals surface area contributed by atoms with Crippen LogP contribution in [0.15, 0.2) is 29.3 Å². The molecule has 2 N–H and O–H groups in total. The Hall–Kier alpha value is -1.24. The molecule has 26 heavy (non-hydrogen) atoms. The average Bonchev–Trinajstić information content (AvgIpc) is 3.18. The van der Waals surface area contributed by atoms with Gasteiger partial charge in [-0.2, -0.15) is 11.8 Å². The molecule has 1 saturated heterocycles. The number of hydrogen-bond acceptors (Lipinski definition) is 4. The third kappa shape index (κ3) is 8.43. The Kier molecular flexibility index (Phi) is 10.5. The summed E-state index contributed by atoms with van der Waals surface area (Å²) in [4.78, 5) is 4.73. The second-order valence-corrected chi connectivity index (χ2v) is 7.69. The summed E-state index contributed by atoms with van der Waals surface area (Å²) in [6.07, 6.45) is 2.65. The fourth-order valence-corrected chi connectivity index (χ4v) is 4.00. The molecule has 5 nitrogen and oxygen atoms in total. The molecule has 1 heterocycles. The molecular formula is C20H33N3O2S. The molecule has 146 valence electrons. The van der Waals surface area contributed by atoms with E-state index in [1.807, 2.05) is 6.92 Å². The van der Waals surface area contributed by atoms with E-state index in [2.05, 4.69) is 53.6 Å². The number of nitrogens with one attached hydrogen (secondary N) is 2. The van der Waals surface area contributed by atoms with Gasteiger partial charge < -0.3 is 20.1 Å². The zero-order valence-electron chi connectivity index (χ0n) is 16.1. The van der Waals surface area contributed by atoms with Gasteiger partial charge in [0.25, 0.3) is 0 Å². The summed E-state index contributed by atoms with van der Waals surface area (Å²) in [5.41, 5.74) is 2.37. The van der Waals surface area contributed by atoms with Crippen molar-refractivity contribution in [1.82, 2.24) is 10.6 Å². The lowest BCUT2D eigenvalue weighted by Gasteiger charge is -2.14. The SMILES string of the molecule is CCNC(=NCc1cccc(COCCOCC)c1)NCC1CCCS1. The molecule has 1 unspecified atom stereocenters. The van der Waals surface area contributed by atoms with Crippen LogP contribution in [0.2, 0.25) is 0 Å². The van der Waals surface area contributed by atoms with Crippen LogP contribution in [0.5, 0.6) is 0 Å². The summed E-state index contributed by atoms with van der Waals surface area (Å²) < 4.78 is 10.9. The minimum atomic E-state index is 0.613. The largest absolute Gasteiger partial charge is 0.379 e. The number of thioether (sulfide) groups is 1. The molecule has 1 aliphatic heterocycles. The second-order valence-electron chi connectivity index (χ2n) is 6.28. The molecule has 2 rings (SSSR count). The van der Waals surface area contributed by atoms with Gasteiger partial charge in [0.2, 0.25) is 0 Å².